The summed E-state index contributed by atoms with van der Waals surface area (Å²) < 4.78 is 15.5. The van der Waals surface area contributed by atoms with Crippen LogP contribution >= 0.6 is 0 Å². The number of nitrogens with one attached hydrogen (secondary N) is 1. The molecule has 0 fully saturated rings. The molecule has 0 spiro atoms. The lowest BCUT2D eigenvalue weighted by Crippen LogP contribution is -2.02. The molecule has 25 heavy (non-hydrogen) atoms. The molecule has 2 aromatic carbocycles. The number of carbonyl (C=O) groups excluding carboxylic acids is 1. The quantitative estimate of drug-likeness (QED) is 0.690. The molecule has 3 rings (SSSR count). The molecule has 0 radical (unpaired) electrons. The van der Waals surface area contributed by atoms with Crippen LogP contribution in [0.25, 0.3) is 11.5 Å². The molecule has 0 aliphatic carbocycles. The van der Waals surface area contributed by atoms with E-state index in [4.69, 9.17) is 9.15 Å². The Hall–Kier alpha value is -3.35. The Labute approximate surface area is 144 Å². The topological polar surface area (TPSA) is 86.5 Å². The molecular weight excluding hydrogens is 322 g/mol. The van der Waals surface area contributed by atoms with Crippen LogP contribution in [-0.4, -0.2) is 30.4 Å². The van der Waals surface area contributed by atoms with Gasteiger partial charge in [0.15, 0.2) is 0 Å². The van der Waals surface area contributed by atoms with Crippen molar-refractivity contribution in [3.05, 3.63) is 60.0 Å². The fraction of sp³-hybridized carbons (Fsp3) is 0.167. The lowest BCUT2D eigenvalue weighted by molar-refractivity contribution is 0.0601. The van der Waals surface area contributed by atoms with E-state index >= 15 is 0 Å². The Morgan fingerprint density at radius 2 is 1.92 bits per heavy atom. The van der Waals surface area contributed by atoms with E-state index in [9.17, 15) is 4.79 Å². The maximum atomic E-state index is 11.4. The van der Waals surface area contributed by atoms with Crippen LogP contribution in [0.2, 0.25) is 0 Å². The molecule has 0 aliphatic heterocycles. The highest BCUT2D eigenvalue weighted by atomic mass is 16.5. The predicted octanol–water partition coefficient (Wildman–Crippen LogP) is 3.14. The van der Waals surface area contributed by atoms with E-state index < -0.39 is 0 Å². The molecule has 0 bridgehead atoms. The first-order valence-electron chi connectivity index (χ1n) is 7.58. The normalized spacial score (nSPS) is 10.3. The summed E-state index contributed by atoms with van der Waals surface area (Å²) in [7, 11) is 2.96. The van der Waals surface area contributed by atoms with Gasteiger partial charge in [0.1, 0.15) is 5.75 Å². The molecule has 128 valence electrons. The first-order chi connectivity index (χ1) is 12.2. The van der Waals surface area contributed by atoms with Gasteiger partial charge in [0.2, 0.25) is 11.8 Å². The number of esters is 1. The Morgan fingerprint density at radius 1 is 1.12 bits per heavy atom. The van der Waals surface area contributed by atoms with Gasteiger partial charge in [-0.3, -0.25) is 0 Å². The summed E-state index contributed by atoms with van der Waals surface area (Å²) in [5, 5.41) is 11.2. The number of carbonyl (C=O) groups is 1. The van der Waals surface area contributed by atoms with Crippen molar-refractivity contribution in [1.29, 1.82) is 0 Å². The molecule has 0 atom stereocenters. The van der Waals surface area contributed by atoms with Gasteiger partial charge in [0.25, 0.3) is 0 Å². The number of ether oxygens (including phenoxy) is 2. The van der Waals surface area contributed by atoms with Crippen molar-refractivity contribution in [2.24, 2.45) is 0 Å². The standard InChI is InChI=1S/C18H17N3O4/c1-23-15-5-3-4-13(10-15)17-21-20-16(25-17)11-19-14-8-6-12(7-9-14)18(22)24-2/h3-10,19H,11H2,1-2H3. The largest absolute Gasteiger partial charge is 0.497 e. The van der Waals surface area contributed by atoms with Gasteiger partial charge in [-0.1, -0.05) is 6.07 Å². The van der Waals surface area contributed by atoms with Gasteiger partial charge >= 0.3 is 5.97 Å². The molecule has 1 N–H and O–H groups in total. The van der Waals surface area contributed by atoms with Gasteiger partial charge in [0, 0.05) is 11.3 Å². The SMILES string of the molecule is COC(=O)c1ccc(NCc2nnc(-c3cccc(OC)c3)o2)cc1. The van der Waals surface area contributed by atoms with Crippen molar-refractivity contribution < 1.29 is 18.7 Å². The third-order valence-corrected chi connectivity index (χ3v) is 3.53. The van der Waals surface area contributed by atoms with E-state index in [1.165, 1.54) is 7.11 Å². The minimum atomic E-state index is -0.369. The maximum absolute atomic E-state index is 11.4. The number of rotatable bonds is 6. The van der Waals surface area contributed by atoms with Crippen LogP contribution in [0.1, 0.15) is 16.2 Å². The third kappa shape index (κ3) is 3.95. The lowest BCUT2D eigenvalue weighted by Gasteiger charge is -2.04. The number of nitrogens with zero attached hydrogens (tertiary/aromatic N) is 2. The second kappa shape index (κ2) is 7.48. The fourth-order valence-corrected chi connectivity index (χ4v) is 2.22. The predicted molar refractivity (Wildman–Crippen MR) is 91.4 cm³/mol. The molecule has 0 saturated carbocycles. The van der Waals surface area contributed by atoms with Gasteiger partial charge in [-0.2, -0.15) is 0 Å². The molecule has 7 nitrogen and oxygen atoms in total. The van der Waals surface area contributed by atoms with Crippen molar-refractivity contribution in [2.75, 3.05) is 19.5 Å². The van der Waals surface area contributed by atoms with E-state index in [-0.39, 0.29) is 5.97 Å². The minimum absolute atomic E-state index is 0.369. The van der Waals surface area contributed by atoms with Gasteiger partial charge in [-0.25, -0.2) is 4.79 Å². The molecule has 0 unspecified atom stereocenters. The van der Waals surface area contributed by atoms with Crippen LogP contribution < -0.4 is 10.1 Å². The van der Waals surface area contributed by atoms with Gasteiger partial charge in [-0.15, -0.1) is 10.2 Å². The number of benzene rings is 2. The number of anilines is 1. The third-order valence-electron chi connectivity index (χ3n) is 3.53. The van der Waals surface area contributed by atoms with Crippen molar-refractivity contribution in [2.45, 2.75) is 6.54 Å². The first kappa shape index (κ1) is 16.5. The maximum Gasteiger partial charge on any atom is 0.337 e. The molecule has 1 aromatic heterocycles. The summed E-state index contributed by atoms with van der Waals surface area (Å²) in [6.45, 7) is 0.370. The van der Waals surface area contributed by atoms with E-state index in [0.29, 0.717) is 23.9 Å². The van der Waals surface area contributed by atoms with Crippen LogP contribution in [0.15, 0.2) is 52.9 Å². The summed E-state index contributed by atoms with van der Waals surface area (Å²) in [6.07, 6.45) is 0. The minimum Gasteiger partial charge on any atom is -0.497 e. The number of hydrogen-bond acceptors (Lipinski definition) is 7. The highest BCUT2D eigenvalue weighted by Gasteiger charge is 2.10. The zero-order valence-electron chi connectivity index (χ0n) is 13.9. The average molecular weight is 339 g/mol. The van der Waals surface area contributed by atoms with Crippen LogP contribution in [0.3, 0.4) is 0 Å². The van der Waals surface area contributed by atoms with Crippen molar-refractivity contribution >= 4 is 11.7 Å². The summed E-state index contributed by atoms with van der Waals surface area (Å²) in [4.78, 5) is 11.4. The lowest BCUT2D eigenvalue weighted by atomic mass is 10.2. The van der Waals surface area contributed by atoms with Crippen molar-refractivity contribution in [1.82, 2.24) is 10.2 Å². The Morgan fingerprint density at radius 3 is 2.64 bits per heavy atom. The highest BCUT2D eigenvalue weighted by molar-refractivity contribution is 5.89. The summed E-state index contributed by atoms with van der Waals surface area (Å²) in [6, 6.07) is 14.3. The zero-order valence-corrected chi connectivity index (χ0v) is 13.9. The van der Waals surface area contributed by atoms with E-state index in [1.54, 1.807) is 31.4 Å². The number of methoxy groups -OCH3 is 2. The molecule has 0 amide bonds. The highest BCUT2D eigenvalue weighted by Crippen LogP contribution is 2.22. The average Bonchev–Trinajstić information content (AvgIpc) is 3.15. The Bertz CT molecular complexity index is 859. The van der Waals surface area contributed by atoms with Gasteiger partial charge < -0.3 is 19.2 Å². The number of hydrogen-bond donors (Lipinski definition) is 1. The molecular formula is C18H17N3O4. The monoisotopic (exact) mass is 339 g/mol. The second-order valence-electron chi connectivity index (χ2n) is 5.16. The Kier molecular flexibility index (Phi) is 4.94. The van der Waals surface area contributed by atoms with Crippen LogP contribution in [0.4, 0.5) is 5.69 Å². The molecule has 3 aromatic rings. The molecule has 7 heteroatoms. The first-order valence-corrected chi connectivity index (χ1v) is 7.58. The smallest absolute Gasteiger partial charge is 0.337 e. The summed E-state index contributed by atoms with van der Waals surface area (Å²) in [5.74, 6) is 1.24. The fourth-order valence-electron chi connectivity index (χ4n) is 2.22. The molecule has 0 aliphatic rings. The van der Waals surface area contributed by atoms with Gasteiger partial charge in [0.05, 0.1) is 26.3 Å². The zero-order chi connectivity index (χ0) is 17.6. The van der Waals surface area contributed by atoms with E-state index in [0.717, 1.165) is 17.0 Å². The molecule has 0 saturated heterocycles. The van der Waals surface area contributed by atoms with Crippen LogP contribution in [0.5, 0.6) is 5.75 Å². The second-order valence-corrected chi connectivity index (χ2v) is 5.16. The Balaban J connectivity index is 1.64. The van der Waals surface area contributed by atoms with E-state index in [1.807, 2.05) is 24.3 Å². The van der Waals surface area contributed by atoms with Crippen LogP contribution in [0, 0.1) is 0 Å². The van der Waals surface area contributed by atoms with Gasteiger partial charge in [-0.05, 0) is 42.5 Å². The number of aromatic nitrogens is 2. The van der Waals surface area contributed by atoms with E-state index in [2.05, 4.69) is 20.3 Å². The molecule has 1 heterocycles. The summed E-state index contributed by atoms with van der Waals surface area (Å²) >= 11 is 0. The van der Waals surface area contributed by atoms with Crippen LogP contribution in [-0.2, 0) is 11.3 Å². The van der Waals surface area contributed by atoms with Crippen molar-refractivity contribution in [3.63, 3.8) is 0 Å². The summed E-state index contributed by atoms with van der Waals surface area (Å²) in [5.41, 5.74) is 2.11. The van der Waals surface area contributed by atoms with Crippen molar-refractivity contribution in [3.8, 4) is 17.2 Å².